The van der Waals surface area contributed by atoms with Crippen molar-refractivity contribution in [3.05, 3.63) is 0 Å². The third kappa shape index (κ3) is 5.49. The predicted octanol–water partition coefficient (Wildman–Crippen LogP) is 3.13. The number of likely N-dealkylation sites (N-methyl/N-ethyl adjacent to an activating group) is 1. The van der Waals surface area contributed by atoms with Gasteiger partial charge in [0.25, 0.3) is 0 Å². The molecule has 19 heavy (non-hydrogen) atoms. The number of carboxylic acid groups (broad SMARTS) is 1. The van der Waals surface area contributed by atoms with Crippen LogP contribution in [0, 0.1) is 5.92 Å². The number of carbonyl (C=O) groups excluding carboxylic acids is 1. The number of rotatable bonds is 6. The monoisotopic (exact) mass is 273 g/mol. The Bertz CT molecular complexity index is 305. The Morgan fingerprint density at radius 1 is 1.16 bits per heavy atom. The van der Waals surface area contributed by atoms with Crippen LogP contribution in [0.3, 0.4) is 0 Å². The Morgan fingerprint density at radius 3 is 1.89 bits per heavy atom. The molecule has 5 nitrogen and oxygen atoms in total. The van der Waals surface area contributed by atoms with E-state index in [0.717, 1.165) is 0 Å². The van der Waals surface area contributed by atoms with Crippen LogP contribution in [-0.2, 0) is 9.53 Å². The van der Waals surface area contributed by atoms with Gasteiger partial charge in [-0.2, -0.15) is 0 Å². The number of carbonyl (C=O) groups is 2. The minimum atomic E-state index is -0.971. The topological polar surface area (TPSA) is 66.8 Å². The van der Waals surface area contributed by atoms with Crippen LogP contribution in [0.15, 0.2) is 0 Å². The van der Waals surface area contributed by atoms with Gasteiger partial charge in [-0.1, -0.05) is 26.7 Å². The summed E-state index contributed by atoms with van der Waals surface area (Å²) in [6, 6.07) is -0.824. The van der Waals surface area contributed by atoms with Gasteiger partial charge >= 0.3 is 12.1 Å². The second kappa shape index (κ2) is 7.36. The fourth-order valence-corrected chi connectivity index (χ4v) is 2.08. The third-order valence-corrected chi connectivity index (χ3v) is 3.05. The van der Waals surface area contributed by atoms with E-state index in [-0.39, 0.29) is 5.92 Å². The summed E-state index contributed by atoms with van der Waals surface area (Å²) in [6.45, 7) is 11.3. The lowest BCUT2D eigenvalue weighted by atomic mass is 9.93. The molecule has 0 spiro atoms. The predicted molar refractivity (Wildman–Crippen MR) is 74.1 cm³/mol. The zero-order valence-corrected chi connectivity index (χ0v) is 12.9. The lowest BCUT2D eigenvalue weighted by Crippen LogP contribution is -2.50. The lowest BCUT2D eigenvalue weighted by Gasteiger charge is -2.34. The summed E-state index contributed by atoms with van der Waals surface area (Å²) in [5.41, 5.74) is -0.624. The van der Waals surface area contributed by atoms with Crippen molar-refractivity contribution in [1.82, 2.24) is 4.90 Å². The van der Waals surface area contributed by atoms with E-state index in [4.69, 9.17) is 4.74 Å². The van der Waals surface area contributed by atoms with Gasteiger partial charge in [-0.25, -0.2) is 9.59 Å². The molecule has 0 fully saturated rings. The maximum absolute atomic E-state index is 12.1. The molecule has 5 heteroatoms. The maximum Gasteiger partial charge on any atom is 0.411 e. The second-order valence-corrected chi connectivity index (χ2v) is 5.63. The van der Waals surface area contributed by atoms with Crippen LogP contribution in [0.4, 0.5) is 4.79 Å². The van der Waals surface area contributed by atoms with Gasteiger partial charge < -0.3 is 9.84 Å². The van der Waals surface area contributed by atoms with Gasteiger partial charge in [-0.05, 0) is 33.6 Å². The molecule has 0 bridgehead atoms. The molecule has 1 unspecified atom stereocenters. The normalized spacial score (nSPS) is 13.2. The van der Waals surface area contributed by atoms with Gasteiger partial charge in [0.1, 0.15) is 11.6 Å². The Labute approximate surface area is 115 Å². The van der Waals surface area contributed by atoms with Gasteiger partial charge in [0.05, 0.1) is 0 Å². The minimum Gasteiger partial charge on any atom is -0.480 e. The van der Waals surface area contributed by atoms with Crippen molar-refractivity contribution < 1.29 is 19.4 Å². The van der Waals surface area contributed by atoms with Crippen LogP contribution in [0.1, 0.15) is 54.4 Å². The standard InChI is InChI=1S/C14H27NO4/c1-7-10(8-2)11(12(16)17)15(9-3)13(18)19-14(4,5)6/h10-11H,7-9H2,1-6H3,(H,16,17). The summed E-state index contributed by atoms with van der Waals surface area (Å²) in [7, 11) is 0. The Hall–Kier alpha value is -1.26. The molecule has 1 amide bonds. The minimum absolute atomic E-state index is 0.0648. The second-order valence-electron chi connectivity index (χ2n) is 5.63. The van der Waals surface area contributed by atoms with Gasteiger partial charge in [0, 0.05) is 6.54 Å². The molecule has 0 saturated heterocycles. The van der Waals surface area contributed by atoms with E-state index in [2.05, 4.69) is 0 Å². The molecular weight excluding hydrogens is 246 g/mol. The SMILES string of the molecule is CCC(CC)C(C(=O)O)N(CC)C(=O)OC(C)(C)C. The van der Waals surface area contributed by atoms with E-state index in [9.17, 15) is 14.7 Å². The Kier molecular flexibility index (Phi) is 6.87. The molecular formula is C14H27NO4. The van der Waals surface area contributed by atoms with Crippen LogP contribution in [0.2, 0.25) is 0 Å². The van der Waals surface area contributed by atoms with Crippen molar-refractivity contribution in [3.8, 4) is 0 Å². The molecule has 0 rings (SSSR count). The summed E-state index contributed by atoms with van der Waals surface area (Å²) in [4.78, 5) is 24.9. The lowest BCUT2D eigenvalue weighted by molar-refractivity contribution is -0.145. The molecule has 0 aromatic carbocycles. The van der Waals surface area contributed by atoms with Crippen molar-refractivity contribution in [2.75, 3.05) is 6.54 Å². The van der Waals surface area contributed by atoms with E-state index >= 15 is 0 Å². The smallest absolute Gasteiger partial charge is 0.411 e. The molecule has 0 saturated carbocycles. The third-order valence-electron chi connectivity index (χ3n) is 3.05. The first-order valence-electron chi connectivity index (χ1n) is 6.90. The summed E-state index contributed by atoms with van der Waals surface area (Å²) in [5, 5.41) is 9.41. The largest absolute Gasteiger partial charge is 0.480 e. The average molecular weight is 273 g/mol. The highest BCUT2D eigenvalue weighted by Crippen LogP contribution is 2.21. The molecule has 0 aliphatic carbocycles. The summed E-state index contributed by atoms with van der Waals surface area (Å²) >= 11 is 0. The number of ether oxygens (including phenoxy) is 1. The zero-order valence-electron chi connectivity index (χ0n) is 12.9. The van der Waals surface area contributed by atoms with Crippen LogP contribution < -0.4 is 0 Å². The van der Waals surface area contributed by atoms with Crippen LogP contribution >= 0.6 is 0 Å². The highest BCUT2D eigenvalue weighted by Gasteiger charge is 2.36. The Balaban J connectivity index is 5.15. The highest BCUT2D eigenvalue weighted by atomic mass is 16.6. The molecule has 1 N–H and O–H groups in total. The van der Waals surface area contributed by atoms with E-state index in [0.29, 0.717) is 19.4 Å². The number of nitrogens with zero attached hydrogens (tertiary/aromatic N) is 1. The molecule has 0 aromatic heterocycles. The Morgan fingerprint density at radius 2 is 1.63 bits per heavy atom. The van der Waals surface area contributed by atoms with Gasteiger partial charge in [-0.15, -0.1) is 0 Å². The molecule has 112 valence electrons. The molecule has 1 atom stereocenters. The number of aliphatic carboxylic acids is 1. The molecule has 0 heterocycles. The highest BCUT2D eigenvalue weighted by molar-refractivity contribution is 5.80. The summed E-state index contributed by atoms with van der Waals surface area (Å²) in [5.74, 6) is -1.04. The summed E-state index contributed by atoms with van der Waals surface area (Å²) < 4.78 is 5.28. The van der Waals surface area contributed by atoms with Crippen molar-refractivity contribution in [2.45, 2.75) is 66.0 Å². The number of amides is 1. The van der Waals surface area contributed by atoms with E-state index in [1.54, 1.807) is 27.7 Å². The van der Waals surface area contributed by atoms with Crippen molar-refractivity contribution in [3.63, 3.8) is 0 Å². The quantitative estimate of drug-likeness (QED) is 0.807. The molecule has 0 aromatic rings. The average Bonchev–Trinajstić information content (AvgIpc) is 2.26. The fourth-order valence-electron chi connectivity index (χ4n) is 2.08. The van der Waals surface area contributed by atoms with Crippen molar-refractivity contribution >= 4 is 12.1 Å². The first-order valence-corrected chi connectivity index (χ1v) is 6.90. The molecule has 0 radical (unpaired) electrons. The van der Waals surface area contributed by atoms with Gasteiger partial charge in [0.2, 0.25) is 0 Å². The maximum atomic E-state index is 12.1. The molecule has 0 aliphatic rings. The zero-order chi connectivity index (χ0) is 15.2. The number of carboxylic acids is 1. The van der Waals surface area contributed by atoms with E-state index in [1.807, 2.05) is 13.8 Å². The first-order chi connectivity index (χ1) is 8.67. The van der Waals surface area contributed by atoms with Gasteiger partial charge in [-0.3, -0.25) is 4.90 Å². The summed E-state index contributed by atoms with van der Waals surface area (Å²) in [6.07, 6.45) is 0.869. The van der Waals surface area contributed by atoms with Crippen LogP contribution in [0.25, 0.3) is 0 Å². The van der Waals surface area contributed by atoms with Gasteiger partial charge in [0.15, 0.2) is 0 Å². The van der Waals surface area contributed by atoms with Crippen molar-refractivity contribution in [1.29, 1.82) is 0 Å². The van der Waals surface area contributed by atoms with Crippen molar-refractivity contribution in [2.24, 2.45) is 5.92 Å². The molecule has 0 aliphatic heterocycles. The number of hydrogen-bond donors (Lipinski definition) is 1. The van der Waals surface area contributed by atoms with Crippen LogP contribution in [-0.4, -0.2) is 40.3 Å². The first kappa shape index (κ1) is 17.7. The fraction of sp³-hybridized carbons (Fsp3) is 0.857. The number of hydrogen-bond acceptors (Lipinski definition) is 3. The van der Waals surface area contributed by atoms with E-state index < -0.39 is 23.7 Å². The van der Waals surface area contributed by atoms with E-state index in [1.165, 1.54) is 4.90 Å². The van der Waals surface area contributed by atoms with Crippen LogP contribution in [0.5, 0.6) is 0 Å².